The van der Waals surface area contributed by atoms with Gasteiger partial charge in [0, 0.05) is 26.5 Å². The molecule has 3 rings (SSSR count). The molecule has 0 saturated carbocycles. The normalized spacial score (nSPS) is 11.2. The minimum Gasteiger partial charge on any atom is -0.373 e. The van der Waals surface area contributed by atoms with Crippen molar-refractivity contribution in [2.45, 2.75) is 6.43 Å². The Labute approximate surface area is 129 Å². The van der Waals surface area contributed by atoms with Crippen molar-refractivity contribution in [3.63, 3.8) is 0 Å². The lowest BCUT2D eigenvalue weighted by molar-refractivity contribution is 0.102. The third-order valence-corrected chi connectivity index (χ3v) is 3.18. The Balaban J connectivity index is 1.95. The topological polar surface area (TPSA) is 89.1 Å². The molecule has 0 aliphatic carbocycles. The van der Waals surface area contributed by atoms with E-state index in [9.17, 15) is 13.6 Å². The van der Waals surface area contributed by atoms with Crippen LogP contribution in [0.2, 0.25) is 0 Å². The van der Waals surface area contributed by atoms with Gasteiger partial charge in [0.05, 0.1) is 11.9 Å². The second-order valence-corrected chi connectivity index (χ2v) is 4.75. The van der Waals surface area contributed by atoms with Gasteiger partial charge in [0.2, 0.25) is 0 Å². The Kier molecular flexibility index (Phi) is 3.64. The highest BCUT2D eigenvalue weighted by atomic mass is 19.3. The largest absolute Gasteiger partial charge is 0.373 e. The van der Waals surface area contributed by atoms with Crippen LogP contribution in [0.25, 0.3) is 5.65 Å². The van der Waals surface area contributed by atoms with Crippen LogP contribution in [-0.4, -0.2) is 37.3 Å². The Morgan fingerprint density at radius 1 is 1.39 bits per heavy atom. The summed E-state index contributed by atoms with van der Waals surface area (Å²) in [5, 5.41) is 12.9. The molecule has 3 heterocycles. The number of anilines is 2. The lowest BCUT2D eigenvalue weighted by atomic mass is 10.3. The Morgan fingerprint density at radius 3 is 2.87 bits per heavy atom. The molecule has 1 amide bonds. The fraction of sp³-hybridized carbons (Fsp3) is 0.231. The van der Waals surface area contributed by atoms with E-state index in [1.807, 2.05) is 0 Å². The molecule has 0 spiro atoms. The SMILES string of the molecule is CNc1ccn2ncc(C(=O)Nc3cn(C)nc3C(F)F)c2n1. The van der Waals surface area contributed by atoms with Gasteiger partial charge in [-0.3, -0.25) is 9.48 Å². The third-order valence-electron chi connectivity index (χ3n) is 3.18. The number of carbonyl (C=O) groups excluding carboxylic acids is 1. The summed E-state index contributed by atoms with van der Waals surface area (Å²) in [7, 11) is 3.19. The van der Waals surface area contributed by atoms with Gasteiger partial charge in [0.25, 0.3) is 12.3 Å². The number of nitrogens with zero attached hydrogens (tertiary/aromatic N) is 5. The molecule has 0 aliphatic rings. The number of nitrogens with one attached hydrogen (secondary N) is 2. The van der Waals surface area contributed by atoms with E-state index in [2.05, 4.69) is 25.8 Å². The number of hydrogen-bond donors (Lipinski definition) is 2. The molecule has 0 saturated heterocycles. The summed E-state index contributed by atoms with van der Waals surface area (Å²) in [4.78, 5) is 16.6. The highest BCUT2D eigenvalue weighted by Gasteiger charge is 2.21. The Morgan fingerprint density at radius 2 is 2.17 bits per heavy atom. The predicted molar refractivity (Wildman–Crippen MR) is 78.7 cm³/mol. The second kappa shape index (κ2) is 5.63. The van der Waals surface area contributed by atoms with E-state index in [1.54, 1.807) is 19.3 Å². The number of halogens is 2. The van der Waals surface area contributed by atoms with Crippen LogP contribution in [0.15, 0.2) is 24.7 Å². The number of hydrogen-bond acceptors (Lipinski definition) is 5. The van der Waals surface area contributed by atoms with Crippen molar-refractivity contribution in [2.24, 2.45) is 7.05 Å². The first-order valence-electron chi connectivity index (χ1n) is 6.64. The van der Waals surface area contributed by atoms with E-state index in [0.29, 0.717) is 11.5 Å². The van der Waals surface area contributed by atoms with Gasteiger partial charge < -0.3 is 10.6 Å². The third kappa shape index (κ3) is 2.70. The number of alkyl halides is 2. The van der Waals surface area contributed by atoms with Crippen molar-refractivity contribution in [1.29, 1.82) is 0 Å². The average molecular weight is 321 g/mol. The maximum atomic E-state index is 12.9. The maximum absolute atomic E-state index is 12.9. The molecule has 0 fully saturated rings. The number of rotatable bonds is 4. The van der Waals surface area contributed by atoms with E-state index < -0.39 is 18.0 Å². The smallest absolute Gasteiger partial charge is 0.284 e. The van der Waals surface area contributed by atoms with E-state index in [0.717, 1.165) is 0 Å². The van der Waals surface area contributed by atoms with Gasteiger partial charge in [-0.05, 0) is 6.07 Å². The minimum absolute atomic E-state index is 0.0448. The highest BCUT2D eigenvalue weighted by molar-refractivity contribution is 6.08. The van der Waals surface area contributed by atoms with Crippen molar-refractivity contribution >= 4 is 23.1 Å². The molecular formula is C13H13F2N7O. The number of carbonyl (C=O) groups is 1. The van der Waals surface area contributed by atoms with Crippen LogP contribution in [0.1, 0.15) is 22.5 Å². The summed E-state index contributed by atoms with van der Waals surface area (Å²) < 4.78 is 28.5. The molecule has 0 aromatic carbocycles. The molecule has 8 nitrogen and oxygen atoms in total. The van der Waals surface area contributed by atoms with Gasteiger partial charge in [0.15, 0.2) is 11.3 Å². The highest BCUT2D eigenvalue weighted by Crippen LogP contribution is 2.25. The molecule has 10 heteroatoms. The van der Waals surface area contributed by atoms with Crippen LogP contribution in [-0.2, 0) is 7.05 Å². The molecule has 0 radical (unpaired) electrons. The van der Waals surface area contributed by atoms with Crippen molar-refractivity contribution in [2.75, 3.05) is 17.7 Å². The average Bonchev–Trinajstić information content (AvgIpc) is 3.09. The summed E-state index contributed by atoms with van der Waals surface area (Å²) in [6.07, 6.45) is 1.50. The minimum atomic E-state index is -2.79. The first kappa shape index (κ1) is 14.9. The zero-order valence-electron chi connectivity index (χ0n) is 12.3. The first-order chi connectivity index (χ1) is 11.0. The predicted octanol–water partition coefficient (Wildman–Crippen LogP) is 1.69. The number of fused-ring (bicyclic) bond motifs is 1. The lowest BCUT2D eigenvalue weighted by Crippen LogP contribution is -2.13. The number of aryl methyl sites for hydroxylation is 1. The van der Waals surface area contributed by atoms with Gasteiger partial charge in [-0.15, -0.1) is 0 Å². The van der Waals surface area contributed by atoms with E-state index >= 15 is 0 Å². The fourth-order valence-corrected chi connectivity index (χ4v) is 2.12. The first-order valence-corrected chi connectivity index (χ1v) is 6.64. The van der Waals surface area contributed by atoms with Crippen LogP contribution in [0.3, 0.4) is 0 Å². The summed E-state index contributed by atoms with van der Waals surface area (Å²) in [6.45, 7) is 0. The molecule has 3 aromatic rings. The van der Waals surface area contributed by atoms with Gasteiger partial charge in [-0.1, -0.05) is 0 Å². The fourth-order valence-electron chi connectivity index (χ4n) is 2.12. The molecule has 0 bridgehead atoms. The number of amides is 1. The van der Waals surface area contributed by atoms with Gasteiger partial charge in [0.1, 0.15) is 11.4 Å². The van der Waals surface area contributed by atoms with Crippen LogP contribution in [0.5, 0.6) is 0 Å². The molecule has 120 valence electrons. The van der Waals surface area contributed by atoms with Crippen molar-refractivity contribution in [3.05, 3.63) is 35.9 Å². The quantitative estimate of drug-likeness (QED) is 0.763. The second-order valence-electron chi connectivity index (χ2n) is 4.75. The van der Waals surface area contributed by atoms with Crippen molar-refractivity contribution < 1.29 is 13.6 Å². The van der Waals surface area contributed by atoms with Crippen molar-refractivity contribution in [1.82, 2.24) is 24.4 Å². The van der Waals surface area contributed by atoms with Crippen LogP contribution < -0.4 is 10.6 Å². The summed E-state index contributed by atoms with van der Waals surface area (Å²) >= 11 is 0. The molecule has 3 aromatic heterocycles. The molecule has 23 heavy (non-hydrogen) atoms. The molecule has 2 N–H and O–H groups in total. The summed E-state index contributed by atoms with van der Waals surface area (Å²) in [5.74, 6) is -0.0302. The zero-order valence-corrected chi connectivity index (χ0v) is 12.3. The van der Waals surface area contributed by atoms with Gasteiger partial charge >= 0.3 is 0 Å². The van der Waals surface area contributed by atoms with Gasteiger partial charge in [-0.25, -0.2) is 18.3 Å². The summed E-state index contributed by atoms with van der Waals surface area (Å²) in [6, 6.07) is 1.69. The molecule has 0 aliphatic heterocycles. The van der Waals surface area contributed by atoms with E-state index in [-0.39, 0.29) is 11.3 Å². The molecular weight excluding hydrogens is 308 g/mol. The van der Waals surface area contributed by atoms with Crippen LogP contribution in [0.4, 0.5) is 20.3 Å². The van der Waals surface area contributed by atoms with Crippen LogP contribution in [0, 0.1) is 0 Å². The van der Waals surface area contributed by atoms with Gasteiger partial charge in [-0.2, -0.15) is 10.2 Å². The maximum Gasteiger partial charge on any atom is 0.284 e. The zero-order chi connectivity index (χ0) is 16.6. The van der Waals surface area contributed by atoms with E-state index in [1.165, 1.54) is 28.6 Å². The standard InChI is InChI=1S/C13H13F2N7O/c1-16-9-3-4-22-12(19-9)7(5-17-22)13(23)18-8-6-21(2)20-10(8)11(14)15/h3-6,11H,1-2H3,(H,16,19)(H,18,23). The monoisotopic (exact) mass is 321 g/mol. The molecule has 0 unspecified atom stereocenters. The van der Waals surface area contributed by atoms with Crippen LogP contribution >= 0.6 is 0 Å². The van der Waals surface area contributed by atoms with E-state index in [4.69, 9.17) is 0 Å². The molecule has 0 atom stereocenters. The Bertz CT molecular complexity index is 870. The number of aromatic nitrogens is 5. The lowest BCUT2D eigenvalue weighted by Gasteiger charge is -2.04. The Hall–Kier alpha value is -3.04. The van der Waals surface area contributed by atoms with Crippen molar-refractivity contribution in [3.8, 4) is 0 Å². The summed E-state index contributed by atoms with van der Waals surface area (Å²) in [5.41, 5.74) is -0.0409.